The summed E-state index contributed by atoms with van der Waals surface area (Å²) >= 11 is 0. The van der Waals surface area contributed by atoms with E-state index in [0.717, 1.165) is 96.3 Å². The predicted octanol–water partition coefficient (Wildman–Crippen LogP) is 22.1. The summed E-state index contributed by atoms with van der Waals surface area (Å²) in [6, 6.07) is 0. The molecule has 0 fully saturated rings. The minimum absolute atomic E-state index is 0.0873. The van der Waals surface area contributed by atoms with E-state index < -0.39 is 6.10 Å². The van der Waals surface area contributed by atoms with E-state index in [-0.39, 0.29) is 31.1 Å². The van der Waals surface area contributed by atoms with Gasteiger partial charge in [0, 0.05) is 19.3 Å². The van der Waals surface area contributed by atoms with Gasteiger partial charge < -0.3 is 14.2 Å². The highest BCUT2D eigenvalue weighted by Crippen LogP contribution is 2.17. The molecule has 1 unspecified atom stereocenters. The number of hydrogen-bond acceptors (Lipinski definition) is 6. The van der Waals surface area contributed by atoms with Crippen molar-refractivity contribution in [1.82, 2.24) is 0 Å². The third-order valence-corrected chi connectivity index (χ3v) is 14.2. The molecule has 0 saturated heterocycles. The molecule has 0 bridgehead atoms. The molecule has 434 valence electrons. The van der Waals surface area contributed by atoms with Gasteiger partial charge in [0.25, 0.3) is 0 Å². The third-order valence-electron chi connectivity index (χ3n) is 14.2. The van der Waals surface area contributed by atoms with E-state index in [1.54, 1.807) is 0 Å². The highest BCUT2D eigenvalue weighted by atomic mass is 16.6. The SMILES string of the molecule is CC/C=C\C/C=C\C/C=C\CCCCCC(=O)OC(COC(=O)CCCCCCC/C=C\CCCCCC)COC(=O)CCCCCCCCCCCCCCCCCCCCC/C=C\C/C=C\CCCCCCC. The molecule has 0 aromatic rings. The van der Waals surface area contributed by atoms with E-state index in [1.165, 1.54) is 193 Å². The summed E-state index contributed by atoms with van der Waals surface area (Å²) in [5.74, 6) is -0.914. The van der Waals surface area contributed by atoms with Crippen LogP contribution < -0.4 is 0 Å². The van der Waals surface area contributed by atoms with Gasteiger partial charge in [0.2, 0.25) is 0 Å². The zero-order valence-corrected chi connectivity index (χ0v) is 49.8. The first-order valence-corrected chi connectivity index (χ1v) is 32.4. The number of unbranched alkanes of at least 4 members (excludes halogenated alkanes) is 36. The maximum absolute atomic E-state index is 12.8. The van der Waals surface area contributed by atoms with Crippen molar-refractivity contribution in [2.75, 3.05) is 13.2 Å². The Morgan fingerprint density at radius 1 is 0.280 bits per heavy atom. The number of hydrogen-bond donors (Lipinski definition) is 0. The second-order valence-electron chi connectivity index (χ2n) is 21.6. The smallest absolute Gasteiger partial charge is 0.306 e. The van der Waals surface area contributed by atoms with E-state index in [2.05, 4.69) is 93.7 Å². The zero-order chi connectivity index (χ0) is 54.3. The van der Waals surface area contributed by atoms with Crippen LogP contribution in [0.5, 0.6) is 0 Å². The summed E-state index contributed by atoms with van der Waals surface area (Å²) in [7, 11) is 0. The molecule has 0 N–H and O–H groups in total. The maximum atomic E-state index is 12.8. The average molecular weight is 1050 g/mol. The summed E-state index contributed by atoms with van der Waals surface area (Å²) in [5, 5.41) is 0. The number of rotatable bonds is 59. The van der Waals surface area contributed by atoms with Crippen molar-refractivity contribution in [3.05, 3.63) is 72.9 Å². The Balaban J connectivity index is 4.13. The van der Waals surface area contributed by atoms with Crippen LogP contribution in [0, 0.1) is 0 Å². The van der Waals surface area contributed by atoms with Crippen LogP contribution in [-0.2, 0) is 28.6 Å². The van der Waals surface area contributed by atoms with Gasteiger partial charge in [-0.25, -0.2) is 0 Å². The monoisotopic (exact) mass is 1050 g/mol. The van der Waals surface area contributed by atoms with Gasteiger partial charge in [0.15, 0.2) is 6.10 Å². The van der Waals surface area contributed by atoms with Crippen molar-refractivity contribution in [3.8, 4) is 0 Å². The molecule has 0 saturated carbocycles. The van der Waals surface area contributed by atoms with Gasteiger partial charge in [0.1, 0.15) is 13.2 Å². The van der Waals surface area contributed by atoms with Crippen LogP contribution in [0.3, 0.4) is 0 Å². The fraction of sp³-hybridized carbons (Fsp3) is 0.783. The van der Waals surface area contributed by atoms with Gasteiger partial charge in [-0.15, -0.1) is 0 Å². The third kappa shape index (κ3) is 61.6. The van der Waals surface area contributed by atoms with Crippen LogP contribution in [0.1, 0.15) is 329 Å². The van der Waals surface area contributed by atoms with Gasteiger partial charge in [-0.2, -0.15) is 0 Å². The van der Waals surface area contributed by atoms with Crippen LogP contribution in [0.4, 0.5) is 0 Å². The lowest BCUT2D eigenvalue weighted by Crippen LogP contribution is -2.30. The highest BCUT2D eigenvalue weighted by Gasteiger charge is 2.19. The van der Waals surface area contributed by atoms with Gasteiger partial charge in [-0.3, -0.25) is 14.4 Å². The summed E-state index contributed by atoms with van der Waals surface area (Å²) in [6.45, 7) is 6.50. The molecule has 0 rings (SSSR count). The minimum Gasteiger partial charge on any atom is -0.462 e. The van der Waals surface area contributed by atoms with Crippen molar-refractivity contribution in [3.63, 3.8) is 0 Å². The minimum atomic E-state index is -0.793. The van der Waals surface area contributed by atoms with E-state index in [9.17, 15) is 14.4 Å². The van der Waals surface area contributed by atoms with Crippen LogP contribution in [0.2, 0.25) is 0 Å². The summed E-state index contributed by atoms with van der Waals surface area (Å²) in [6.07, 6.45) is 82.2. The number of carbonyl (C=O) groups is 3. The fourth-order valence-corrected chi connectivity index (χ4v) is 9.31. The molecular formula is C69H122O6. The molecule has 0 radical (unpaired) electrons. The summed E-state index contributed by atoms with van der Waals surface area (Å²) in [4.78, 5) is 38.2. The molecule has 0 heterocycles. The molecule has 75 heavy (non-hydrogen) atoms. The van der Waals surface area contributed by atoms with Crippen molar-refractivity contribution >= 4 is 17.9 Å². The van der Waals surface area contributed by atoms with Crippen molar-refractivity contribution in [1.29, 1.82) is 0 Å². The normalized spacial score (nSPS) is 12.5. The Morgan fingerprint density at radius 3 is 0.853 bits per heavy atom. The first kappa shape index (κ1) is 71.8. The zero-order valence-electron chi connectivity index (χ0n) is 49.8. The molecule has 0 aliphatic carbocycles. The Labute approximate surface area is 465 Å². The van der Waals surface area contributed by atoms with Crippen molar-refractivity contribution < 1.29 is 28.6 Å². The average Bonchev–Trinajstić information content (AvgIpc) is 3.41. The largest absolute Gasteiger partial charge is 0.462 e. The molecule has 0 amide bonds. The Hall–Kier alpha value is -3.15. The van der Waals surface area contributed by atoms with Crippen molar-refractivity contribution in [2.45, 2.75) is 335 Å². The van der Waals surface area contributed by atoms with E-state index >= 15 is 0 Å². The van der Waals surface area contributed by atoms with Crippen LogP contribution >= 0.6 is 0 Å². The van der Waals surface area contributed by atoms with Gasteiger partial charge in [-0.1, -0.05) is 273 Å². The lowest BCUT2D eigenvalue weighted by molar-refractivity contribution is -0.167. The lowest BCUT2D eigenvalue weighted by Gasteiger charge is -2.18. The number of allylic oxidation sites excluding steroid dienone is 12. The van der Waals surface area contributed by atoms with Crippen LogP contribution in [0.25, 0.3) is 0 Å². The van der Waals surface area contributed by atoms with Gasteiger partial charge in [-0.05, 0) is 109 Å². The second-order valence-corrected chi connectivity index (χ2v) is 21.6. The quantitative estimate of drug-likeness (QED) is 0.0261. The Kier molecular flexibility index (Phi) is 60.7. The molecule has 6 heteroatoms. The molecular weight excluding hydrogens is 925 g/mol. The van der Waals surface area contributed by atoms with E-state index in [0.29, 0.717) is 19.3 Å². The topological polar surface area (TPSA) is 78.9 Å². The van der Waals surface area contributed by atoms with E-state index in [4.69, 9.17) is 14.2 Å². The molecule has 0 aromatic carbocycles. The van der Waals surface area contributed by atoms with Gasteiger partial charge in [0.05, 0.1) is 0 Å². The Bertz CT molecular complexity index is 1390. The van der Waals surface area contributed by atoms with Crippen LogP contribution in [0.15, 0.2) is 72.9 Å². The molecule has 0 spiro atoms. The lowest BCUT2D eigenvalue weighted by atomic mass is 10.0. The van der Waals surface area contributed by atoms with Crippen LogP contribution in [-0.4, -0.2) is 37.2 Å². The number of carbonyl (C=O) groups excluding carboxylic acids is 3. The molecule has 0 aliphatic rings. The maximum Gasteiger partial charge on any atom is 0.306 e. The number of ether oxygens (including phenoxy) is 3. The number of esters is 3. The molecule has 6 nitrogen and oxygen atoms in total. The summed E-state index contributed by atoms with van der Waals surface area (Å²) in [5.41, 5.74) is 0. The summed E-state index contributed by atoms with van der Waals surface area (Å²) < 4.78 is 16.9. The predicted molar refractivity (Wildman–Crippen MR) is 325 cm³/mol. The molecule has 0 aliphatic heterocycles. The van der Waals surface area contributed by atoms with Crippen molar-refractivity contribution in [2.24, 2.45) is 0 Å². The molecule has 0 aromatic heterocycles. The standard InChI is InChI=1S/C69H122O6/c1-4-7-10-13-16-19-22-25-26-27-28-29-30-31-32-33-34-35-36-37-38-39-40-41-42-45-47-50-53-56-59-62-68(71)74-65-66(75-69(72)63-60-57-54-51-48-44-24-21-18-15-12-9-6-3)64-73-67(70)61-58-55-52-49-46-43-23-20-17-14-11-8-5-2/h9,12,18,20-23,25,27-28,44,48,66H,4-8,10-11,13-17,19,24,26,29-43,45-47,49-65H2,1-3H3/b12-9-,21-18-,23-20-,25-22-,28-27-,48-44-. The first-order valence-electron chi connectivity index (χ1n) is 32.4. The highest BCUT2D eigenvalue weighted by molar-refractivity contribution is 5.71. The Morgan fingerprint density at radius 2 is 0.520 bits per heavy atom. The van der Waals surface area contributed by atoms with E-state index in [1.807, 2.05) is 0 Å². The second kappa shape index (κ2) is 63.4. The van der Waals surface area contributed by atoms with Gasteiger partial charge >= 0.3 is 17.9 Å². The fourth-order valence-electron chi connectivity index (χ4n) is 9.31. The molecule has 1 atom stereocenters. The first-order chi connectivity index (χ1) is 37.0.